The number of hydrogen-bond donors (Lipinski definition) is 0. The molecule has 0 atom stereocenters. The van der Waals surface area contributed by atoms with Crippen LogP contribution in [0.5, 0.6) is 0 Å². The molecule has 2 aliphatic carbocycles. The molecule has 78 valence electrons. The lowest BCUT2D eigenvalue weighted by molar-refractivity contribution is 0.385. The van der Waals surface area contributed by atoms with Gasteiger partial charge >= 0.3 is 0 Å². The van der Waals surface area contributed by atoms with Crippen molar-refractivity contribution in [3.8, 4) is 0 Å². The molecule has 0 aliphatic heterocycles. The quantitative estimate of drug-likeness (QED) is 0.665. The molecule has 0 heterocycles. The lowest BCUT2D eigenvalue weighted by Gasteiger charge is -2.21. The predicted molar refractivity (Wildman–Crippen MR) is 64.5 cm³/mol. The molecule has 0 aromatic heterocycles. The van der Waals surface area contributed by atoms with Gasteiger partial charge in [-0.15, -0.1) is 0 Å². The fraction of sp³-hybridized carbons (Fsp3) is 0.467. The number of fused-ring (bicyclic) bond motifs is 2. The third-order valence-corrected chi connectivity index (χ3v) is 4.23. The Morgan fingerprint density at radius 3 is 2.40 bits per heavy atom. The lowest BCUT2D eigenvalue weighted by Crippen LogP contribution is -2.09. The van der Waals surface area contributed by atoms with Crippen molar-refractivity contribution < 1.29 is 0 Å². The molecule has 2 bridgehead atoms. The van der Waals surface area contributed by atoms with E-state index >= 15 is 0 Å². The van der Waals surface area contributed by atoms with Crippen molar-refractivity contribution in [2.45, 2.75) is 32.1 Å². The van der Waals surface area contributed by atoms with Gasteiger partial charge in [-0.1, -0.05) is 42.5 Å². The zero-order chi connectivity index (χ0) is 10.1. The van der Waals surface area contributed by atoms with Crippen LogP contribution >= 0.6 is 0 Å². The summed E-state index contributed by atoms with van der Waals surface area (Å²) in [6.45, 7) is 0. The van der Waals surface area contributed by atoms with Crippen LogP contribution in [-0.4, -0.2) is 0 Å². The van der Waals surface area contributed by atoms with Crippen LogP contribution < -0.4 is 0 Å². The van der Waals surface area contributed by atoms with Gasteiger partial charge in [0.15, 0.2) is 0 Å². The Bertz CT molecular complexity index is 353. The zero-order valence-electron chi connectivity index (χ0n) is 9.15. The molecule has 2 aliphatic rings. The minimum Gasteiger partial charge on any atom is -0.0777 e. The summed E-state index contributed by atoms with van der Waals surface area (Å²) in [4.78, 5) is 0. The van der Waals surface area contributed by atoms with Crippen LogP contribution in [0.4, 0.5) is 0 Å². The fourth-order valence-electron chi connectivity index (χ4n) is 3.31. The Morgan fingerprint density at radius 2 is 1.80 bits per heavy atom. The van der Waals surface area contributed by atoms with Crippen molar-refractivity contribution in [1.82, 2.24) is 0 Å². The summed E-state index contributed by atoms with van der Waals surface area (Å²) in [6, 6.07) is 10.7. The molecule has 0 unspecified atom stereocenters. The monoisotopic (exact) mass is 198 g/mol. The topological polar surface area (TPSA) is 0 Å². The number of rotatable bonds is 2. The minimum atomic E-state index is 0.584. The average Bonchev–Trinajstić information content (AvgIpc) is 2.89. The molecule has 2 saturated carbocycles. The van der Waals surface area contributed by atoms with E-state index in [1.807, 2.05) is 0 Å². The number of hydrogen-bond acceptors (Lipinski definition) is 0. The Balaban J connectivity index is 1.78. The molecular formula is C15H18. The molecule has 0 saturated heterocycles. The van der Waals surface area contributed by atoms with E-state index in [4.69, 9.17) is 0 Å². The Kier molecular flexibility index (Phi) is 2.16. The second-order valence-electron chi connectivity index (χ2n) is 5.25. The van der Waals surface area contributed by atoms with E-state index in [1.165, 1.54) is 37.7 Å². The Morgan fingerprint density at radius 1 is 1.07 bits per heavy atom. The van der Waals surface area contributed by atoms with Gasteiger partial charge in [-0.3, -0.25) is 0 Å². The lowest BCUT2D eigenvalue weighted by atomic mass is 9.83. The average molecular weight is 198 g/mol. The van der Waals surface area contributed by atoms with Crippen LogP contribution in [0.15, 0.2) is 36.4 Å². The molecule has 3 rings (SSSR count). The normalized spacial score (nSPS) is 34.0. The molecule has 0 radical (unpaired) electrons. The van der Waals surface area contributed by atoms with E-state index in [-0.39, 0.29) is 0 Å². The van der Waals surface area contributed by atoms with E-state index in [1.54, 1.807) is 0 Å². The van der Waals surface area contributed by atoms with Gasteiger partial charge in [-0.05, 0) is 49.0 Å². The molecule has 1 aromatic carbocycles. The molecular weight excluding hydrogens is 180 g/mol. The number of allylic oxidation sites excluding steroid dienone is 1. The first-order valence-electron chi connectivity index (χ1n) is 6.11. The summed E-state index contributed by atoms with van der Waals surface area (Å²) >= 11 is 0. The molecule has 0 spiro atoms. The van der Waals surface area contributed by atoms with Gasteiger partial charge in [0.25, 0.3) is 0 Å². The predicted octanol–water partition coefficient (Wildman–Crippen LogP) is 4.28. The zero-order valence-corrected chi connectivity index (χ0v) is 9.15. The fourth-order valence-corrected chi connectivity index (χ4v) is 3.31. The first-order valence-corrected chi connectivity index (χ1v) is 6.11. The summed E-state index contributed by atoms with van der Waals surface area (Å²) in [5.74, 6) is 1.05. The van der Waals surface area contributed by atoms with Gasteiger partial charge in [0.1, 0.15) is 0 Å². The van der Waals surface area contributed by atoms with Crippen LogP contribution in [0, 0.1) is 11.3 Å². The van der Waals surface area contributed by atoms with Crippen LogP contribution in [0.1, 0.15) is 37.7 Å². The molecule has 0 nitrogen and oxygen atoms in total. The van der Waals surface area contributed by atoms with Crippen molar-refractivity contribution in [3.63, 3.8) is 0 Å². The van der Waals surface area contributed by atoms with Crippen molar-refractivity contribution in [1.29, 1.82) is 0 Å². The van der Waals surface area contributed by atoms with Crippen LogP contribution in [0.2, 0.25) is 0 Å². The van der Waals surface area contributed by atoms with Crippen molar-refractivity contribution in [2.24, 2.45) is 11.3 Å². The van der Waals surface area contributed by atoms with E-state index in [9.17, 15) is 0 Å². The summed E-state index contributed by atoms with van der Waals surface area (Å²) in [5.41, 5.74) is 1.93. The molecule has 0 heteroatoms. The summed E-state index contributed by atoms with van der Waals surface area (Å²) < 4.78 is 0. The van der Waals surface area contributed by atoms with Crippen LogP contribution in [-0.2, 0) is 0 Å². The van der Waals surface area contributed by atoms with Crippen molar-refractivity contribution in [2.75, 3.05) is 0 Å². The highest BCUT2D eigenvalue weighted by Gasteiger charge is 2.42. The maximum atomic E-state index is 2.50. The van der Waals surface area contributed by atoms with Gasteiger partial charge in [-0.25, -0.2) is 0 Å². The summed E-state index contributed by atoms with van der Waals surface area (Å²) in [7, 11) is 0. The van der Waals surface area contributed by atoms with Crippen LogP contribution in [0.3, 0.4) is 0 Å². The highest BCUT2D eigenvalue weighted by Crippen LogP contribution is 2.55. The Labute approximate surface area is 92.0 Å². The summed E-state index contributed by atoms with van der Waals surface area (Å²) in [6.07, 6.45) is 12.1. The molecule has 15 heavy (non-hydrogen) atoms. The second kappa shape index (κ2) is 3.52. The SMILES string of the molecule is C(=C\C12CCC(CC1)C2)/c1ccccc1. The summed E-state index contributed by atoms with van der Waals surface area (Å²) in [5, 5.41) is 0. The van der Waals surface area contributed by atoms with E-state index < -0.39 is 0 Å². The highest BCUT2D eigenvalue weighted by molar-refractivity contribution is 5.50. The van der Waals surface area contributed by atoms with Crippen LogP contribution in [0.25, 0.3) is 6.08 Å². The highest BCUT2D eigenvalue weighted by atomic mass is 14.5. The third kappa shape index (κ3) is 1.73. The second-order valence-corrected chi connectivity index (χ2v) is 5.25. The third-order valence-electron chi connectivity index (χ3n) is 4.23. The smallest absolute Gasteiger partial charge is 0.0112 e. The molecule has 0 amide bonds. The first-order chi connectivity index (χ1) is 7.36. The largest absolute Gasteiger partial charge is 0.0777 e. The molecule has 0 N–H and O–H groups in total. The standard InChI is InChI=1S/C15H18/c1-2-4-13(5-3-1)6-9-15-10-7-14(12-15)8-11-15/h1-6,9,14H,7-8,10-12H2/b9-6+. The first kappa shape index (κ1) is 9.21. The molecule has 2 fully saturated rings. The van der Waals surface area contributed by atoms with E-state index in [0.717, 1.165) is 5.92 Å². The van der Waals surface area contributed by atoms with E-state index in [0.29, 0.717) is 5.41 Å². The number of benzene rings is 1. The maximum Gasteiger partial charge on any atom is -0.0112 e. The van der Waals surface area contributed by atoms with Gasteiger partial charge in [0, 0.05) is 0 Å². The molecule has 1 aromatic rings. The van der Waals surface area contributed by atoms with Gasteiger partial charge in [-0.2, -0.15) is 0 Å². The van der Waals surface area contributed by atoms with Gasteiger partial charge in [0.05, 0.1) is 0 Å². The van der Waals surface area contributed by atoms with Gasteiger partial charge in [0.2, 0.25) is 0 Å². The van der Waals surface area contributed by atoms with E-state index in [2.05, 4.69) is 42.5 Å². The Hall–Kier alpha value is -1.04. The van der Waals surface area contributed by atoms with Crippen molar-refractivity contribution in [3.05, 3.63) is 42.0 Å². The minimum absolute atomic E-state index is 0.584. The van der Waals surface area contributed by atoms with Gasteiger partial charge < -0.3 is 0 Å². The van der Waals surface area contributed by atoms with Crippen molar-refractivity contribution >= 4 is 6.08 Å². The maximum absolute atomic E-state index is 2.50.